The number of aliphatic imine (C=N–C) groups is 1. The van der Waals surface area contributed by atoms with E-state index in [0.717, 1.165) is 35.8 Å². The van der Waals surface area contributed by atoms with Gasteiger partial charge in [-0.2, -0.15) is 0 Å². The summed E-state index contributed by atoms with van der Waals surface area (Å²) in [5, 5.41) is 0. The molecule has 0 spiro atoms. The Bertz CT molecular complexity index is 831. The molecule has 2 aromatic rings. The van der Waals surface area contributed by atoms with Crippen LogP contribution in [0.25, 0.3) is 0 Å². The summed E-state index contributed by atoms with van der Waals surface area (Å²) in [6.07, 6.45) is 1.96. The van der Waals surface area contributed by atoms with Crippen molar-refractivity contribution in [1.82, 2.24) is 9.80 Å². The van der Waals surface area contributed by atoms with Gasteiger partial charge < -0.3 is 9.64 Å². The second kappa shape index (κ2) is 9.51. The number of ether oxygens (including phenoxy) is 1. The van der Waals surface area contributed by atoms with Gasteiger partial charge in [0.2, 0.25) is 5.91 Å². The molecule has 0 unspecified atom stereocenters. The molecule has 0 aliphatic carbocycles. The molecule has 0 aromatic heterocycles. The van der Waals surface area contributed by atoms with Gasteiger partial charge in [0.25, 0.3) is 0 Å². The van der Waals surface area contributed by atoms with E-state index in [0.29, 0.717) is 26.0 Å². The van der Waals surface area contributed by atoms with E-state index in [4.69, 9.17) is 9.73 Å². The SMILES string of the molecule is Cc1cccc2c1N=C(N(CCCN(C)C)C(=O)CCOc1ccccc1)C2. The first-order valence-electron chi connectivity index (χ1n) is 9.83. The van der Waals surface area contributed by atoms with E-state index in [1.807, 2.05) is 49.3 Å². The fourth-order valence-corrected chi connectivity index (χ4v) is 3.37. The Hall–Kier alpha value is -2.66. The third kappa shape index (κ3) is 5.20. The number of fused-ring (bicyclic) bond motifs is 1. The highest BCUT2D eigenvalue weighted by Gasteiger charge is 2.25. The molecule has 0 N–H and O–H groups in total. The summed E-state index contributed by atoms with van der Waals surface area (Å²) in [5.41, 5.74) is 3.37. The number of rotatable bonds is 8. The maximum atomic E-state index is 13.0. The summed E-state index contributed by atoms with van der Waals surface area (Å²) < 4.78 is 5.72. The quantitative estimate of drug-likeness (QED) is 0.700. The van der Waals surface area contributed by atoms with Crippen LogP contribution < -0.4 is 4.74 Å². The Morgan fingerprint density at radius 3 is 2.57 bits per heavy atom. The molecule has 0 bridgehead atoms. The minimum Gasteiger partial charge on any atom is -0.493 e. The van der Waals surface area contributed by atoms with Crippen LogP contribution in [-0.4, -0.2) is 55.3 Å². The summed E-state index contributed by atoms with van der Waals surface area (Å²) in [7, 11) is 4.10. The Kier molecular flexibility index (Phi) is 6.82. The topological polar surface area (TPSA) is 45.1 Å². The van der Waals surface area contributed by atoms with Crippen molar-refractivity contribution in [1.29, 1.82) is 0 Å². The van der Waals surface area contributed by atoms with E-state index >= 15 is 0 Å². The first kappa shape index (κ1) is 20.1. The lowest BCUT2D eigenvalue weighted by Crippen LogP contribution is -2.39. The number of carbonyl (C=O) groups is 1. The van der Waals surface area contributed by atoms with Gasteiger partial charge in [-0.3, -0.25) is 9.69 Å². The summed E-state index contributed by atoms with van der Waals surface area (Å²) in [6.45, 7) is 4.04. The molecule has 0 saturated carbocycles. The lowest BCUT2D eigenvalue weighted by Gasteiger charge is -2.23. The van der Waals surface area contributed by atoms with Gasteiger partial charge in [-0.25, -0.2) is 4.99 Å². The molecule has 5 nitrogen and oxygen atoms in total. The number of amidine groups is 1. The number of benzene rings is 2. The van der Waals surface area contributed by atoms with Gasteiger partial charge in [-0.1, -0.05) is 36.4 Å². The average molecular weight is 380 g/mol. The molecule has 2 aromatic carbocycles. The third-order valence-electron chi connectivity index (χ3n) is 4.84. The highest BCUT2D eigenvalue weighted by Crippen LogP contribution is 2.31. The molecule has 3 rings (SSSR count). The molecule has 1 heterocycles. The van der Waals surface area contributed by atoms with Crippen molar-refractivity contribution in [3.05, 3.63) is 59.7 Å². The number of aryl methyl sites for hydroxylation is 1. The highest BCUT2D eigenvalue weighted by molar-refractivity contribution is 6.03. The van der Waals surface area contributed by atoms with Crippen LogP contribution in [0, 0.1) is 6.92 Å². The standard InChI is InChI=1S/C23H29N3O2/c1-18-9-7-10-19-17-21(24-23(18)19)26(15-8-14-25(2)3)22(27)13-16-28-20-11-5-4-6-12-20/h4-7,9-12H,8,13-17H2,1-3H3. The van der Waals surface area contributed by atoms with Gasteiger partial charge in [0.1, 0.15) is 11.6 Å². The Labute approximate surface area is 167 Å². The largest absolute Gasteiger partial charge is 0.493 e. The van der Waals surface area contributed by atoms with Crippen LogP contribution in [0.3, 0.4) is 0 Å². The molecule has 28 heavy (non-hydrogen) atoms. The van der Waals surface area contributed by atoms with Crippen molar-refractivity contribution >= 4 is 17.4 Å². The third-order valence-corrected chi connectivity index (χ3v) is 4.84. The smallest absolute Gasteiger partial charge is 0.231 e. The first-order chi connectivity index (χ1) is 13.5. The van der Waals surface area contributed by atoms with Crippen LogP contribution in [0.4, 0.5) is 5.69 Å². The van der Waals surface area contributed by atoms with Gasteiger partial charge in [-0.05, 0) is 57.2 Å². The van der Waals surface area contributed by atoms with Crippen LogP contribution in [0.5, 0.6) is 5.75 Å². The van der Waals surface area contributed by atoms with Crippen LogP contribution in [0.1, 0.15) is 24.0 Å². The lowest BCUT2D eigenvalue weighted by atomic mass is 10.1. The van der Waals surface area contributed by atoms with Crippen LogP contribution in [0.2, 0.25) is 0 Å². The summed E-state index contributed by atoms with van der Waals surface area (Å²) in [6, 6.07) is 15.8. The fraction of sp³-hybridized carbons (Fsp3) is 0.391. The molecule has 148 valence electrons. The normalized spacial score (nSPS) is 12.6. The minimum atomic E-state index is 0.0684. The van der Waals surface area contributed by atoms with Crippen molar-refractivity contribution in [3.63, 3.8) is 0 Å². The number of hydrogen-bond donors (Lipinski definition) is 0. The highest BCUT2D eigenvalue weighted by atomic mass is 16.5. The molecule has 1 amide bonds. The van der Waals surface area contributed by atoms with Gasteiger partial charge in [0, 0.05) is 13.0 Å². The van der Waals surface area contributed by atoms with E-state index < -0.39 is 0 Å². The van der Waals surface area contributed by atoms with Gasteiger partial charge in [-0.15, -0.1) is 0 Å². The summed E-state index contributed by atoms with van der Waals surface area (Å²) >= 11 is 0. The summed E-state index contributed by atoms with van der Waals surface area (Å²) in [4.78, 5) is 21.8. The number of para-hydroxylation sites is 2. The van der Waals surface area contributed by atoms with E-state index in [1.165, 1.54) is 5.56 Å². The monoisotopic (exact) mass is 379 g/mol. The molecule has 1 aliphatic heterocycles. The molecule has 0 radical (unpaired) electrons. The van der Waals surface area contributed by atoms with Gasteiger partial charge in [0.05, 0.1) is 18.7 Å². The van der Waals surface area contributed by atoms with Gasteiger partial charge >= 0.3 is 0 Å². The fourth-order valence-electron chi connectivity index (χ4n) is 3.37. The van der Waals surface area contributed by atoms with Crippen molar-refractivity contribution < 1.29 is 9.53 Å². The molecule has 1 aliphatic rings. The zero-order valence-electron chi connectivity index (χ0n) is 17.0. The molecule has 0 saturated heterocycles. The Morgan fingerprint density at radius 2 is 1.86 bits per heavy atom. The molecule has 5 heteroatoms. The van der Waals surface area contributed by atoms with E-state index in [1.54, 1.807) is 0 Å². The minimum absolute atomic E-state index is 0.0684. The van der Waals surface area contributed by atoms with E-state index in [2.05, 4.69) is 30.0 Å². The van der Waals surface area contributed by atoms with E-state index in [9.17, 15) is 4.79 Å². The van der Waals surface area contributed by atoms with Gasteiger partial charge in [0.15, 0.2) is 0 Å². The zero-order chi connectivity index (χ0) is 19.9. The number of hydrogen-bond acceptors (Lipinski definition) is 4. The zero-order valence-corrected chi connectivity index (χ0v) is 17.0. The average Bonchev–Trinajstić information content (AvgIpc) is 3.11. The van der Waals surface area contributed by atoms with Crippen molar-refractivity contribution in [2.75, 3.05) is 33.8 Å². The molecule has 0 fully saturated rings. The Morgan fingerprint density at radius 1 is 1.07 bits per heavy atom. The maximum absolute atomic E-state index is 13.0. The number of amides is 1. The van der Waals surface area contributed by atoms with Crippen LogP contribution in [0.15, 0.2) is 53.5 Å². The van der Waals surface area contributed by atoms with Crippen LogP contribution >= 0.6 is 0 Å². The second-order valence-electron chi connectivity index (χ2n) is 7.40. The van der Waals surface area contributed by atoms with Crippen molar-refractivity contribution in [2.45, 2.75) is 26.2 Å². The van der Waals surface area contributed by atoms with Crippen LogP contribution in [-0.2, 0) is 11.2 Å². The van der Waals surface area contributed by atoms with Crippen molar-refractivity contribution in [2.24, 2.45) is 4.99 Å². The maximum Gasteiger partial charge on any atom is 0.231 e. The molecular formula is C23H29N3O2. The number of carbonyl (C=O) groups excluding carboxylic acids is 1. The lowest BCUT2D eigenvalue weighted by molar-refractivity contribution is -0.128. The molecular weight excluding hydrogens is 350 g/mol. The molecule has 0 atom stereocenters. The van der Waals surface area contributed by atoms with E-state index in [-0.39, 0.29) is 5.91 Å². The Balaban J connectivity index is 1.66. The summed E-state index contributed by atoms with van der Waals surface area (Å²) in [5.74, 6) is 1.71. The van der Waals surface area contributed by atoms with Crippen molar-refractivity contribution in [3.8, 4) is 5.75 Å². The first-order valence-corrected chi connectivity index (χ1v) is 9.83. The predicted octanol–water partition coefficient (Wildman–Crippen LogP) is 3.83. The second-order valence-corrected chi connectivity index (χ2v) is 7.40. The predicted molar refractivity (Wildman–Crippen MR) is 113 cm³/mol. The number of nitrogens with zero attached hydrogens (tertiary/aromatic N) is 3.